The average Bonchev–Trinajstić information content (AvgIpc) is 1.88. The van der Waals surface area contributed by atoms with Gasteiger partial charge in [0.2, 0.25) is 0 Å². The zero-order valence-corrected chi connectivity index (χ0v) is 6.77. The molecule has 0 unspecified atom stereocenters. The van der Waals surface area contributed by atoms with E-state index in [1.54, 1.807) is 0 Å². The summed E-state index contributed by atoms with van der Waals surface area (Å²) in [6, 6.07) is 1.16. The van der Waals surface area contributed by atoms with Crippen LogP contribution in [0.4, 0.5) is 0 Å². The molecule has 0 aromatic carbocycles. The van der Waals surface area contributed by atoms with E-state index in [1.807, 2.05) is 0 Å². The van der Waals surface area contributed by atoms with Gasteiger partial charge in [0.05, 0.1) is 0 Å². The Balaban J connectivity index is 2.18. The zero-order chi connectivity index (χ0) is 7.40. The highest BCUT2D eigenvalue weighted by Crippen LogP contribution is 2.16. The molecule has 60 valence electrons. The first-order chi connectivity index (χ1) is 4.83. The summed E-state index contributed by atoms with van der Waals surface area (Å²) in [5, 5.41) is 3.43. The second-order valence-corrected chi connectivity index (χ2v) is 3.18. The molecule has 1 aliphatic rings. The first-order valence-corrected chi connectivity index (χ1v) is 4.32. The van der Waals surface area contributed by atoms with E-state index in [1.165, 1.54) is 25.7 Å². The molecular weight excluding hydrogens is 124 g/mol. The third kappa shape index (κ3) is 2.27. The van der Waals surface area contributed by atoms with Crippen molar-refractivity contribution in [2.24, 2.45) is 5.73 Å². The lowest BCUT2D eigenvalue weighted by Crippen LogP contribution is -2.39. The lowest BCUT2D eigenvalue weighted by atomic mass is 9.92. The summed E-state index contributed by atoms with van der Waals surface area (Å²) < 4.78 is 0. The van der Waals surface area contributed by atoms with Crippen molar-refractivity contribution in [3.8, 4) is 0 Å². The minimum atomic E-state index is 0.456. The molecule has 1 saturated carbocycles. The lowest BCUT2D eigenvalue weighted by Gasteiger charge is -2.26. The first-order valence-electron chi connectivity index (χ1n) is 4.32. The normalized spacial score (nSPS) is 34.2. The quantitative estimate of drug-likeness (QED) is 0.600. The van der Waals surface area contributed by atoms with Gasteiger partial charge in [-0.15, -0.1) is 0 Å². The minimum absolute atomic E-state index is 0.456. The number of nitrogens with two attached hydrogens (primary N) is 1. The summed E-state index contributed by atoms with van der Waals surface area (Å²) in [4.78, 5) is 0. The Bertz CT molecular complexity index is 91.3. The van der Waals surface area contributed by atoms with Crippen LogP contribution in [0.2, 0.25) is 0 Å². The molecule has 0 saturated heterocycles. The molecule has 2 heteroatoms. The summed E-state index contributed by atoms with van der Waals surface area (Å²) >= 11 is 0. The highest BCUT2D eigenvalue weighted by Gasteiger charge is 2.17. The fourth-order valence-electron chi connectivity index (χ4n) is 1.70. The van der Waals surface area contributed by atoms with Gasteiger partial charge in [-0.2, -0.15) is 0 Å². The SMILES string of the molecule is CCN[C@H]1CCC[C@@H](N)C1. The van der Waals surface area contributed by atoms with Crippen LogP contribution in [-0.4, -0.2) is 18.6 Å². The molecule has 0 aromatic heterocycles. The summed E-state index contributed by atoms with van der Waals surface area (Å²) in [5.41, 5.74) is 5.82. The summed E-state index contributed by atoms with van der Waals surface area (Å²) in [7, 11) is 0. The van der Waals surface area contributed by atoms with E-state index in [-0.39, 0.29) is 0 Å². The van der Waals surface area contributed by atoms with E-state index in [0.717, 1.165) is 6.54 Å². The third-order valence-electron chi connectivity index (χ3n) is 2.21. The van der Waals surface area contributed by atoms with Gasteiger partial charge in [0, 0.05) is 12.1 Å². The van der Waals surface area contributed by atoms with E-state index in [2.05, 4.69) is 12.2 Å². The van der Waals surface area contributed by atoms with Crippen LogP contribution < -0.4 is 11.1 Å². The molecule has 0 radical (unpaired) electrons. The van der Waals surface area contributed by atoms with Gasteiger partial charge in [-0.05, 0) is 25.8 Å². The van der Waals surface area contributed by atoms with E-state index in [4.69, 9.17) is 5.73 Å². The fourth-order valence-corrected chi connectivity index (χ4v) is 1.70. The zero-order valence-electron chi connectivity index (χ0n) is 6.77. The van der Waals surface area contributed by atoms with Gasteiger partial charge in [-0.1, -0.05) is 13.3 Å². The van der Waals surface area contributed by atoms with Gasteiger partial charge in [0.15, 0.2) is 0 Å². The van der Waals surface area contributed by atoms with E-state index in [9.17, 15) is 0 Å². The maximum Gasteiger partial charge on any atom is 0.00816 e. The summed E-state index contributed by atoms with van der Waals surface area (Å²) in [6.45, 7) is 3.23. The van der Waals surface area contributed by atoms with Crippen molar-refractivity contribution < 1.29 is 0 Å². The maximum atomic E-state index is 5.82. The van der Waals surface area contributed by atoms with E-state index < -0.39 is 0 Å². The van der Waals surface area contributed by atoms with Crippen molar-refractivity contribution in [3.05, 3.63) is 0 Å². The van der Waals surface area contributed by atoms with Crippen LogP contribution >= 0.6 is 0 Å². The van der Waals surface area contributed by atoms with Crippen molar-refractivity contribution in [3.63, 3.8) is 0 Å². The number of rotatable bonds is 2. The smallest absolute Gasteiger partial charge is 0.00816 e. The van der Waals surface area contributed by atoms with Gasteiger partial charge < -0.3 is 11.1 Å². The molecule has 2 atom stereocenters. The molecule has 10 heavy (non-hydrogen) atoms. The second kappa shape index (κ2) is 3.94. The van der Waals surface area contributed by atoms with Crippen LogP contribution in [-0.2, 0) is 0 Å². The minimum Gasteiger partial charge on any atom is -0.328 e. The van der Waals surface area contributed by atoms with Crippen LogP contribution in [0.25, 0.3) is 0 Å². The van der Waals surface area contributed by atoms with Crippen molar-refractivity contribution in [1.82, 2.24) is 5.32 Å². The molecule has 0 spiro atoms. The fraction of sp³-hybridized carbons (Fsp3) is 1.00. The van der Waals surface area contributed by atoms with Gasteiger partial charge in [0.25, 0.3) is 0 Å². The molecule has 0 heterocycles. The number of hydrogen-bond donors (Lipinski definition) is 2. The number of nitrogens with one attached hydrogen (secondary N) is 1. The topological polar surface area (TPSA) is 38.0 Å². The van der Waals surface area contributed by atoms with Gasteiger partial charge in [-0.3, -0.25) is 0 Å². The summed E-state index contributed by atoms with van der Waals surface area (Å²) in [5.74, 6) is 0. The Hall–Kier alpha value is -0.0800. The van der Waals surface area contributed by atoms with Crippen LogP contribution in [0.3, 0.4) is 0 Å². The monoisotopic (exact) mass is 142 g/mol. The molecule has 1 fully saturated rings. The van der Waals surface area contributed by atoms with Crippen LogP contribution in [0, 0.1) is 0 Å². The van der Waals surface area contributed by atoms with Gasteiger partial charge >= 0.3 is 0 Å². The highest BCUT2D eigenvalue weighted by atomic mass is 14.9. The molecule has 0 bridgehead atoms. The Morgan fingerprint density at radius 2 is 2.30 bits per heavy atom. The van der Waals surface area contributed by atoms with Gasteiger partial charge in [-0.25, -0.2) is 0 Å². The predicted octanol–water partition coefficient (Wildman–Crippen LogP) is 0.866. The molecule has 0 aromatic rings. The number of hydrogen-bond acceptors (Lipinski definition) is 2. The molecule has 0 aliphatic heterocycles. The molecule has 2 nitrogen and oxygen atoms in total. The Kier molecular flexibility index (Phi) is 3.16. The molecule has 0 amide bonds. The van der Waals surface area contributed by atoms with Crippen LogP contribution in [0.5, 0.6) is 0 Å². The summed E-state index contributed by atoms with van der Waals surface area (Å²) in [6.07, 6.45) is 5.02. The Morgan fingerprint density at radius 1 is 1.50 bits per heavy atom. The average molecular weight is 142 g/mol. The van der Waals surface area contributed by atoms with Crippen LogP contribution in [0.15, 0.2) is 0 Å². The highest BCUT2D eigenvalue weighted by molar-refractivity contribution is 4.78. The molecule has 1 aliphatic carbocycles. The van der Waals surface area contributed by atoms with Crippen LogP contribution in [0.1, 0.15) is 32.6 Å². The Labute approximate surface area is 63.2 Å². The van der Waals surface area contributed by atoms with Crippen molar-refractivity contribution in [2.75, 3.05) is 6.54 Å². The third-order valence-corrected chi connectivity index (χ3v) is 2.21. The van der Waals surface area contributed by atoms with E-state index in [0.29, 0.717) is 12.1 Å². The second-order valence-electron chi connectivity index (χ2n) is 3.18. The molecule has 1 rings (SSSR count). The molecular formula is C8H18N2. The Morgan fingerprint density at radius 3 is 2.90 bits per heavy atom. The first kappa shape index (κ1) is 8.02. The lowest BCUT2D eigenvalue weighted by molar-refractivity contribution is 0.344. The maximum absolute atomic E-state index is 5.82. The van der Waals surface area contributed by atoms with Crippen molar-refractivity contribution in [2.45, 2.75) is 44.7 Å². The van der Waals surface area contributed by atoms with E-state index >= 15 is 0 Å². The standard InChI is InChI=1S/C8H18N2/c1-2-10-8-5-3-4-7(9)6-8/h7-8,10H,2-6,9H2,1H3/t7-,8+/m1/s1. The van der Waals surface area contributed by atoms with Crippen molar-refractivity contribution >= 4 is 0 Å². The largest absolute Gasteiger partial charge is 0.328 e. The van der Waals surface area contributed by atoms with Gasteiger partial charge in [0.1, 0.15) is 0 Å². The van der Waals surface area contributed by atoms with Crippen molar-refractivity contribution in [1.29, 1.82) is 0 Å². The molecule has 3 N–H and O–H groups in total. The predicted molar refractivity (Wildman–Crippen MR) is 43.9 cm³/mol.